The van der Waals surface area contributed by atoms with Crippen LogP contribution in [0, 0.1) is 5.92 Å². The second-order valence-corrected chi connectivity index (χ2v) is 8.44. The molecule has 0 radical (unpaired) electrons. The molecule has 1 saturated carbocycles. The molecule has 4 nitrogen and oxygen atoms in total. The molecule has 4 heteroatoms. The highest BCUT2D eigenvalue weighted by Gasteiger charge is 2.49. The van der Waals surface area contributed by atoms with Gasteiger partial charge >= 0.3 is 0 Å². The smallest absolute Gasteiger partial charge is 0.225 e. The first kappa shape index (κ1) is 15.3. The van der Waals surface area contributed by atoms with Crippen LogP contribution in [0.2, 0.25) is 0 Å². The first-order chi connectivity index (χ1) is 9.72. The minimum Gasteiger partial charge on any atom is -0.340 e. The zero-order chi connectivity index (χ0) is 15.4. The SMILES string of the molecule is CN1C(=O)[C@H]2CCC(ON3C(C)(C)CCCC3(C)C)[C@@H]1C2. The third-order valence-corrected chi connectivity index (χ3v) is 5.87. The molecule has 3 fully saturated rings. The number of hydrogen-bond donors (Lipinski definition) is 0. The number of carbonyl (C=O) groups is 1. The van der Waals surface area contributed by atoms with Crippen LogP contribution in [0.25, 0.3) is 0 Å². The Balaban J connectivity index is 1.77. The maximum Gasteiger partial charge on any atom is 0.225 e. The van der Waals surface area contributed by atoms with Crippen molar-refractivity contribution in [2.75, 3.05) is 7.05 Å². The van der Waals surface area contributed by atoms with Crippen molar-refractivity contribution in [1.29, 1.82) is 0 Å². The minimum atomic E-state index is 0.0692. The van der Waals surface area contributed by atoms with Crippen molar-refractivity contribution in [3.63, 3.8) is 0 Å². The molecular weight excluding hydrogens is 264 g/mol. The topological polar surface area (TPSA) is 32.8 Å². The molecule has 21 heavy (non-hydrogen) atoms. The maximum atomic E-state index is 12.1. The van der Waals surface area contributed by atoms with Crippen molar-refractivity contribution in [2.24, 2.45) is 5.92 Å². The van der Waals surface area contributed by atoms with Crippen LogP contribution in [0.15, 0.2) is 0 Å². The Labute approximate surface area is 128 Å². The molecule has 0 spiro atoms. The van der Waals surface area contributed by atoms with Crippen molar-refractivity contribution in [1.82, 2.24) is 9.96 Å². The van der Waals surface area contributed by atoms with Crippen molar-refractivity contribution in [2.45, 2.75) is 89.4 Å². The van der Waals surface area contributed by atoms with E-state index in [0.29, 0.717) is 5.91 Å². The molecule has 3 aliphatic rings. The number of amides is 1. The van der Waals surface area contributed by atoms with Gasteiger partial charge in [0.05, 0.1) is 12.1 Å². The summed E-state index contributed by atoms with van der Waals surface area (Å²) in [4.78, 5) is 20.6. The number of hydrogen-bond acceptors (Lipinski definition) is 3. The largest absolute Gasteiger partial charge is 0.340 e. The molecule has 0 aromatic carbocycles. The summed E-state index contributed by atoms with van der Waals surface area (Å²) in [6.07, 6.45) is 6.74. The molecule has 2 bridgehead atoms. The van der Waals surface area contributed by atoms with E-state index in [9.17, 15) is 4.79 Å². The summed E-state index contributed by atoms with van der Waals surface area (Å²) in [5.74, 6) is 0.575. The van der Waals surface area contributed by atoms with Crippen molar-refractivity contribution in [3.8, 4) is 0 Å². The highest BCUT2D eigenvalue weighted by atomic mass is 16.7. The molecule has 2 saturated heterocycles. The molecular formula is C17H30N2O2. The van der Waals surface area contributed by atoms with E-state index in [1.165, 1.54) is 19.3 Å². The zero-order valence-electron chi connectivity index (χ0n) is 14.2. The van der Waals surface area contributed by atoms with E-state index in [0.717, 1.165) is 19.3 Å². The van der Waals surface area contributed by atoms with Gasteiger partial charge in [-0.25, -0.2) is 0 Å². The number of likely N-dealkylation sites (tertiary alicyclic amines) is 1. The molecule has 120 valence electrons. The average molecular weight is 294 g/mol. The first-order valence-corrected chi connectivity index (χ1v) is 8.46. The Morgan fingerprint density at radius 3 is 2.33 bits per heavy atom. The summed E-state index contributed by atoms with van der Waals surface area (Å²) >= 11 is 0. The summed E-state index contributed by atoms with van der Waals surface area (Å²) in [7, 11) is 1.95. The van der Waals surface area contributed by atoms with Gasteiger partial charge in [-0.3, -0.25) is 9.63 Å². The summed E-state index contributed by atoms with van der Waals surface area (Å²) in [5.41, 5.74) is 0.138. The van der Waals surface area contributed by atoms with Crippen LogP contribution in [0.3, 0.4) is 0 Å². The fourth-order valence-electron chi connectivity index (χ4n) is 4.72. The first-order valence-electron chi connectivity index (χ1n) is 8.46. The minimum absolute atomic E-state index is 0.0692. The van der Waals surface area contributed by atoms with Crippen LogP contribution >= 0.6 is 0 Å². The lowest BCUT2D eigenvalue weighted by molar-refractivity contribution is -0.313. The number of fused-ring (bicyclic) bond motifs is 2. The third kappa shape index (κ3) is 2.50. The number of piperidine rings is 1. The molecule has 0 aromatic heterocycles. The van der Waals surface area contributed by atoms with Crippen LogP contribution in [-0.2, 0) is 9.63 Å². The van der Waals surface area contributed by atoms with E-state index in [4.69, 9.17) is 4.84 Å². The van der Waals surface area contributed by atoms with E-state index < -0.39 is 0 Å². The van der Waals surface area contributed by atoms with Gasteiger partial charge in [0.15, 0.2) is 0 Å². The van der Waals surface area contributed by atoms with Crippen molar-refractivity contribution < 1.29 is 9.63 Å². The Kier molecular flexibility index (Phi) is 3.61. The molecule has 2 aliphatic heterocycles. The van der Waals surface area contributed by atoms with Crippen LogP contribution in [0.4, 0.5) is 0 Å². The number of rotatable bonds is 2. The van der Waals surface area contributed by atoms with Gasteiger partial charge in [0.2, 0.25) is 5.91 Å². The summed E-state index contributed by atoms with van der Waals surface area (Å²) in [5, 5.41) is 2.26. The van der Waals surface area contributed by atoms with Crippen LogP contribution in [0.1, 0.15) is 66.2 Å². The van der Waals surface area contributed by atoms with Gasteiger partial charge in [-0.05, 0) is 66.2 Å². The van der Waals surface area contributed by atoms with Crippen LogP contribution < -0.4 is 0 Å². The lowest BCUT2D eigenvalue weighted by atomic mass is 9.82. The molecule has 1 unspecified atom stereocenters. The summed E-state index contributed by atoms with van der Waals surface area (Å²) in [6.45, 7) is 9.12. The summed E-state index contributed by atoms with van der Waals surface area (Å²) < 4.78 is 0. The predicted octanol–water partition coefficient (Wildman–Crippen LogP) is 2.97. The molecule has 1 amide bonds. The van der Waals surface area contributed by atoms with Gasteiger partial charge in [-0.15, -0.1) is 0 Å². The maximum absolute atomic E-state index is 12.1. The Bertz CT molecular complexity index is 417. The fourth-order valence-corrected chi connectivity index (χ4v) is 4.72. The number of likely N-dealkylation sites (N-methyl/N-ethyl adjacent to an activating group) is 1. The molecule has 1 aliphatic carbocycles. The standard InChI is InChI=1S/C17H30N2O2/c1-16(2)9-6-10-17(3,4)19(16)21-14-8-7-12-11-13(14)18(5)15(12)20/h12-14H,6-11H2,1-5H3/t12-,13-,14?/m0/s1. The molecule has 0 N–H and O–H groups in total. The normalized spacial score (nSPS) is 38.8. The van der Waals surface area contributed by atoms with Gasteiger partial charge < -0.3 is 4.90 Å². The van der Waals surface area contributed by atoms with E-state index >= 15 is 0 Å². The van der Waals surface area contributed by atoms with Crippen molar-refractivity contribution in [3.05, 3.63) is 0 Å². The molecule has 3 rings (SSSR count). The Hall–Kier alpha value is -0.610. The Morgan fingerprint density at radius 1 is 1.10 bits per heavy atom. The number of nitrogens with zero attached hydrogens (tertiary/aromatic N) is 2. The van der Waals surface area contributed by atoms with Gasteiger partial charge in [-0.1, -0.05) is 0 Å². The second-order valence-electron chi connectivity index (χ2n) is 8.44. The van der Waals surface area contributed by atoms with Gasteiger partial charge in [0, 0.05) is 24.0 Å². The third-order valence-electron chi connectivity index (χ3n) is 5.87. The molecule has 3 atom stereocenters. The van der Waals surface area contributed by atoms with E-state index in [1.807, 2.05) is 11.9 Å². The van der Waals surface area contributed by atoms with Crippen LogP contribution in [-0.4, -0.2) is 46.1 Å². The average Bonchev–Trinajstić information content (AvgIpc) is 2.61. The molecule has 0 aromatic rings. The number of carbonyl (C=O) groups excluding carboxylic acids is 1. The van der Waals surface area contributed by atoms with Gasteiger partial charge in [0.25, 0.3) is 0 Å². The zero-order valence-corrected chi connectivity index (χ0v) is 14.2. The van der Waals surface area contributed by atoms with Gasteiger partial charge in [-0.2, -0.15) is 5.06 Å². The summed E-state index contributed by atoms with van der Waals surface area (Å²) in [6, 6.07) is 0.268. The predicted molar refractivity (Wildman–Crippen MR) is 82.6 cm³/mol. The highest BCUT2D eigenvalue weighted by molar-refractivity contribution is 5.81. The van der Waals surface area contributed by atoms with E-state index in [-0.39, 0.29) is 29.1 Å². The highest BCUT2D eigenvalue weighted by Crippen LogP contribution is 2.42. The van der Waals surface area contributed by atoms with E-state index in [1.54, 1.807) is 0 Å². The van der Waals surface area contributed by atoms with Gasteiger partial charge in [0.1, 0.15) is 0 Å². The van der Waals surface area contributed by atoms with E-state index in [2.05, 4.69) is 32.8 Å². The van der Waals surface area contributed by atoms with Crippen molar-refractivity contribution >= 4 is 5.91 Å². The lowest BCUT2D eigenvalue weighted by Gasteiger charge is -2.53. The monoisotopic (exact) mass is 294 g/mol. The fraction of sp³-hybridized carbons (Fsp3) is 0.941. The second kappa shape index (κ2) is 4.95. The van der Waals surface area contributed by atoms with Crippen LogP contribution in [0.5, 0.6) is 0 Å². The number of hydroxylamine groups is 2. The molecule has 2 heterocycles. The lowest BCUT2D eigenvalue weighted by Crippen LogP contribution is -2.60. The Morgan fingerprint density at radius 2 is 1.71 bits per heavy atom. The quantitative estimate of drug-likeness (QED) is 0.785.